The Kier molecular flexibility index (Phi) is 7.75. The van der Waals surface area contributed by atoms with Gasteiger partial charge in [-0.2, -0.15) is 0 Å². The second kappa shape index (κ2) is 13.6. The van der Waals surface area contributed by atoms with Crippen LogP contribution in [-0.2, 0) is 0 Å². The minimum absolute atomic E-state index is 0.859. The molecule has 12 aromatic rings. The quantitative estimate of drug-likeness (QED) is 0.167. The summed E-state index contributed by atoms with van der Waals surface area (Å²) in [6, 6.07) is 76.8. The summed E-state index contributed by atoms with van der Waals surface area (Å²) in [6.45, 7) is 0. The van der Waals surface area contributed by atoms with Gasteiger partial charge in [0.05, 0.1) is 11.1 Å². The Morgan fingerprint density at radius 3 is 1.64 bits per heavy atom. The van der Waals surface area contributed by atoms with Gasteiger partial charge in [-0.3, -0.25) is 0 Å². The fraction of sp³-hybridized carbons (Fsp3) is 0. The van der Waals surface area contributed by atoms with E-state index in [-0.39, 0.29) is 0 Å². The lowest BCUT2D eigenvalue weighted by molar-refractivity contribution is 0.672. The lowest BCUT2D eigenvalue weighted by Gasteiger charge is -2.26. The second-order valence-corrected chi connectivity index (χ2v) is 16.2. The molecule has 2 heterocycles. The number of hydrogen-bond donors (Lipinski definition) is 0. The first-order chi connectivity index (χ1) is 29.3. The van der Waals surface area contributed by atoms with E-state index in [0.717, 1.165) is 44.4 Å². The van der Waals surface area contributed by atoms with Crippen LogP contribution in [0.25, 0.3) is 97.0 Å². The summed E-state index contributed by atoms with van der Waals surface area (Å²) in [6.07, 6.45) is 0. The molecule has 0 aliphatic heterocycles. The Labute approximate surface area is 345 Å². The molecule has 2 aromatic heterocycles. The molecule has 0 atom stereocenters. The van der Waals surface area contributed by atoms with Crippen molar-refractivity contribution in [3.63, 3.8) is 0 Å². The first-order valence-corrected chi connectivity index (χ1v) is 20.9. The largest absolute Gasteiger partial charge is 0.455 e. The lowest BCUT2D eigenvalue weighted by atomic mass is 9.88. The van der Waals surface area contributed by atoms with E-state index in [2.05, 4.69) is 217 Å². The smallest absolute Gasteiger partial charge is 0.143 e. The maximum absolute atomic E-state index is 6.90. The molecule has 0 N–H and O–H groups in total. The highest BCUT2D eigenvalue weighted by Gasteiger charge is 2.23. The van der Waals surface area contributed by atoms with Crippen molar-refractivity contribution in [2.24, 2.45) is 0 Å². The molecule has 0 aliphatic carbocycles. The van der Waals surface area contributed by atoms with Gasteiger partial charge in [0.2, 0.25) is 0 Å². The van der Waals surface area contributed by atoms with Gasteiger partial charge in [-0.15, -0.1) is 11.3 Å². The van der Waals surface area contributed by atoms with E-state index in [9.17, 15) is 0 Å². The number of thiophene rings is 1. The molecule has 10 aromatic carbocycles. The van der Waals surface area contributed by atoms with Crippen molar-refractivity contribution in [1.29, 1.82) is 0 Å². The molecule has 0 fully saturated rings. The van der Waals surface area contributed by atoms with Crippen molar-refractivity contribution in [2.75, 3.05) is 4.90 Å². The molecule has 0 bridgehead atoms. The summed E-state index contributed by atoms with van der Waals surface area (Å²) in [4.78, 5) is 2.36. The van der Waals surface area contributed by atoms with E-state index in [1.807, 2.05) is 11.3 Å². The third-order valence-corrected chi connectivity index (χ3v) is 13.0. The highest BCUT2D eigenvalue weighted by Crippen LogP contribution is 2.48. The molecule has 0 radical (unpaired) electrons. The van der Waals surface area contributed by atoms with Gasteiger partial charge in [0.25, 0.3) is 0 Å². The van der Waals surface area contributed by atoms with Crippen molar-refractivity contribution < 1.29 is 4.42 Å². The first-order valence-electron chi connectivity index (χ1n) is 20.1. The van der Waals surface area contributed by atoms with E-state index >= 15 is 0 Å². The zero-order valence-corrected chi connectivity index (χ0v) is 32.8. The fourth-order valence-corrected chi connectivity index (χ4v) is 10.4. The lowest BCUT2D eigenvalue weighted by Crippen LogP contribution is -2.10. The summed E-state index contributed by atoms with van der Waals surface area (Å²) >= 11 is 1.87. The van der Waals surface area contributed by atoms with Crippen LogP contribution in [0.5, 0.6) is 0 Å². The summed E-state index contributed by atoms with van der Waals surface area (Å²) in [7, 11) is 0. The minimum atomic E-state index is 0.859. The average molecular weight is 770 g/mol. The summed E-state index contributed by atoms with van der Waals surface area (Å²) < 4.78 is 9.53. The summed E-state index contributed by atoms with van der Waals surface area (Å²) in [5.74, 6) is 0. The van der Waals surface area contributed by atoms with Crippen LogP contribution in [0.4, 0.5) is 17.1 Å². The molecule has 12 rings (SSSR count). The van der Waals surface area contributed by atoms with Crippen LogP contribution >= 0.6 is 11.3 Å². The summed E-state index contributed by atoms with van der Waals surface area (Å²) in [5.41, 5.74) is 12.3. The number of fused-ring (bicyclic) bond motifs is 9. The van der Waals surface area contributed by atoms with E-state index in [1.54, 1.807) is 0 Å². The van der Waals surface area contributed by atoms with Crippen LogP contribution in [0.1, 0.15) is 0 Å². The molecule has 0 amide bonds. The Hall–Kier alpha value is -7.46. The zero-order valence-electron chi connectivity index (χ0n) is 32.0. The molecular formula is C56H35NOS. The number of benzene rings is 10. The van der Waals surface area contributed by atoms with Crippen LogP contribution in [0.2, 0.25) is 0 Å². The van der Waals surface area contributed by atoms with Crippen LogP contribution in [0, 0.1) is 0 Å². The maximum atomic E-state index is 6.90. The normalized spacial score (nSPS) is 11.7. The van der Waals surface area contributed by atoms with Gasteiger partial charge in [-0.1, -0.05) is 158 Å². The molecule has 59 heavy (non-hydrogen) atoms. The van der Waals surface area contributed by atoms with Crippen molar-refractivity contribution in [1.82, 2.24) is 0 Å². The fourth-order valence-electron chi connectivity index (χ4n) is 9.24. The third kappa shape index (κ3) is 5.40. The topological polar surface area (TPSA) is 16.4 Å². The molecular weight excluding hydrogens is 735 g/mol. The molecule has 2 nitrogen and oxygen atoms in total. The minimum Gasteiger partial charge on any atom is -0.455 e. The number of anilines is 3. The molecule has 276 valence electrons. The molecule has 3 heteroatoms. The van der Waals surface area contributed by atoms with Gasteiger partial charge in [-0.25, -0.2) is 0 Å². The highest BCUT2D eigenvalue weighted by atomic mass is 32.1. The Morgan fingerprint density at radius 2 is 0.898 bits per heavy atom. The molecule has 0 aliphatic rings. The van der Waals surface area contributed by atoms with Gasteiger partial charge in [0.15, 0.2) is 0 Å². The molecule has 0 unspecified atom stereocenters. The van der Waals surface area contributed by atoms with Crippen molar-refractivity contribution in [3.05, 3.63) is 212 Å². The number of rotatable bonds is 6. The van der Waals surface area contributed by atoms with Gasteiger partial charge in [0, 0.05) is 42.3 Å². The predicted octanol–water partition coefficient (Wildman–Crippen LogP) is 16.7. The van der Waals surface area contributed by atoms with Crippen molar-refractivity contribution >= 4 is 92.1 Å². The van der Waals surface area contributed by atoms with Crippen LogP contribution < -0.4 is 4.90 Å². The van der Waals surface area contributed by atoms with Gasteiger partial charge in [0.1, 0.15) is 11.2 Å². The van der Waals surface area contributed by atoms with Gasteiger partial charge < -0.3 is 9.32 Å². The van der Waals surface area contributed by atoms with E-state index in [1.165, 1.54) is 69.7 Å². The third-order valence-electron chi connectivity index (χ3n) is 11.9. The Balaban J connectivity index is 1.09. The molecule has 0 saturated heterocycles. The number of hydrogen-bond acceptors (Lipinski definition) is 3. The van der Waals surface area contributed by atoms with Crippen LogP contribution in [-0.4, -0.2) is 0 Å². The summed E-state index contributed by atoms with van der Waals surface area (Å²) in [5, 5.41) is 9.55. The standard InChI is InChI=1S/C56H35NOS/c1-3-15-36(16-4-1)37-29-31-39(32-30-37)57(38-17-5-2-6-18-38)50-25-14-26-51-55(50)49-35-48(42-21-9-10-22-46(42)56(49)58-51)44-34-33-43(40-19-7-8-20-41(40)44)45-24-13-28-53-54(45)47-23-11-12-27-52(47)59-53/h1-35H. The zero-order chi connectivity index (χ0) is 38.9. The van der Waals surface area contributed by atoms with E-state index < -0.39 is 0 Å². The van der Waals surface area contributed by atoms with Crippen molar-refractivity contribution in [2.45, 2.75) is 0 Å². The van der Waals surface area contributed by atoms with Gasteiger partial charge >= 0.3 is 0 Å². The second-order valence-electron chi connectivity index (χ2n) is 15.2. The molecule has 0 saturated carbocycles. The number of para-hydroxylation sites is 1. The first kappa shape index (κ1) is 33.7. The van der Waals surface area contributed by atoms with Gasteiger partial charge in [-0.05, 0) is 104 Å². The number of nitrogens with zero attached hydrogens (tertiary/aromatic N) is 1. The van der Waals surface area contributed by atoms with E-state index in [0.29, 0.717) is 0 Å². The SMILES string of the molecule is c1ccc(-c2ccc(N(c3ccccc3)c3cccc4oc5c6ccccc6c(-c6ccc(-c7cccc8sc9ccccc9c78)c7ccccc67)cc5c34)cc2)cc1. The van der Waals surface area contributed by atoms with Crippen LogP contribution in [0.15, 0.2) is 217 Å². The van der Waals surface area contributed by atoms with Crippen molar-refractivity contribution in [3.8, 4) is 33.4 Å². The monoisotopic (exact) mass is 769 g/mol. The van der Waals surface area contributed by atoms with E-state index in [4.69, 9.17) is 4.42 Å². The predicted molar refractivity (Wildman–Crippen MR) is 253 cm³/mol. The Morgan fingerprint density at radius 1 is 0.339 bits per heavy atom. The maximum Gasteiger partial charge on any atom is 0.143 e. The Bertz CT molecular complexity index is 3550. The number of furan rings is 1. The average Bonchev–Trinajstić information content (AvgIpc) is 3.89. The van der Waals surface area contributed by atoms with Crippen LogP contribution in [0.3, 0.4) is 0 Å². The highest BCUT2D eigenvalue weighted by molar-refractivity contribution is 7.25. The molecule has 0 spiro atoms.